The van der Waals surface area contributed by atoms with Crippen molar-refractivity contribution < 1.29 is 24.3 Å². The van der Waals surface area contributed by atoms with Gasteiger partial charge in [0.05, 0.1) is 12.0 Å². The molecule has 3 atom stereocenters. The number of aliphatic carboxylic acids is 1. The van der Waals surface area contributed by atoms with E-state index in [0.29, 0.717) is 25.4 Å². The number of nitrogens with one attached hydrogen (secondary N) is 2. The Hall–Kier alpha value is -3.66. The van der Waals surface area contributed by atoms with Gasteiger partial charge >= 0.3 is 18.0 Å². The SMILES string of the molecule is C[C@@H](NC(=O)N1CCN(C(=O)N2C(=O)[C@H](CC3CCNCC3)[C@H]2C(=O)O)CC1)c1cccc2ccccc12. The first kappa shape index (κ1) is 26.0. The molecule has 0 radical (unpaired) electrons. The van der Waals surface area contributed by atoms with Crippen molar-refractivity contribution >= 4 is 34.7 Å². The maximum atomic E-state index is 13.1. The monoisotopic (exact) mass is 521 g/mol. The van der Waals surface area contributed by atoms with Crippen molar-refractivity contribution in [3.8, 4) is 0 Å². The summed E-state index contributed by atoms with van der Waals surface area (Å²) in [5.41, 5.74) is 1.03. The summed E-state index contributed by atoms with van der Waals surface area (Å²) < 4.78 is 0. The number of fused-ring (bicyclic) bond motifs is 1. The van der Waals surface area contributed by atoms with Gasteiger partial charge in [-0.1, -0.05) is 42.5 Å². The number of urea groups is 2. The van der Waals surface area contributed by atoms with Crippen molar-refractivity contribution in [2.75, 3.05) is 39.3 Å². The van der Waals surface area contributed by atoms with Gasteiger partial charge in [-0.3, -0.25) is 4.79 Å². The number of β-lactam (4-membered cyclic amide) rings is 1. The molecule has 202 valence electrons. The number of piperazine rings is 1. The van der Waals surface area contributed by atoms with Crippen LogP contribution in [0, 0.1) is 11.8 Å². The van der Waals surface area contributed by atoms with Gasteiger partial charge in [-0.05, 0) is 61.5 Å². The van der Waals surface area contributed by atoms with E-state index in [-0.39, 0.29) is 25.2 Å². The molecule has 0 spiro atoms. The van der Waals surface area contributed by atoms with Gasteiger partial charge in [-0.25, -0.2) is 19.3 Å². The summed E-state index contributed by atoms with van der Waals surface area (Å²) >= 11 is 0. The Morgan fingerprint density at radius 3 is 2.37 bits per heavy atom. The first-order valence-electron chi connectivity index (χ1n) is 13.4. The van der Waals surface area contributed by atoms with Gasteiger partial charge in [0.15, 0.2) is 6.04 Å². The van der Waals surface area contributed by atoms with Crippen LogP contribution in [0.25, 0.3) is 10.8 Å². The summed E-state index contributed by atoms with van der Waals surface area (Å²) in [6, 6.07) is 11.9. The topological polar surface area (TPSA) is 122 Å². The maximum Gasteiger partial charge on any atom is 0.327 e. The molecule has 2 aromatic rings. The predicted octanol–water partition coefficient (Wildman–Crippen LogP) is 2.65. The highest BCUT2D eigenvalue weighted by Crippen LogP contribution is 2.35. The molecule has 0 saturated carbocycles. The minimum atomic E-state index is -1.14. The minimum absolute atomic E-state index is 0.208. The molecule has 3 saturated heterocycles. The van der Waals surface area contributed by atoms with Crippen molar-refractivity contribution in [1.29, 1.82) is 0 Å². The summed E-state index contributed by atoms with van der Waals surface area (Å²) in [7, 11) is 0. The smallest absolute Gasteiger partial charge is 0.327 e. The van der Waals surface area contributed by atoms with Gasteiger partial charge in [0.25, 0.3) is 0 Å². The minimum Gasteiger partial charge on any atom is -0.480 e. The molecule has 5 amide bonds. The van der Waals surface area contributed by atoms with Crippen LogP contribution in [0.3, 0.4) is 0 Å². The number of hydrogen-bond donors (Lipinski definition) is 3. The Labute approximate surface area is 221 Å². The number of piperidine rings is 1. The highest BCUT2D eigenvalue weighted by Gasteiger charge is 2.56. The second-order valence-corrected chi connectivity index (χ2v) is 10.5. The average molecular weight is 522 g/mol. The predicted molar refractivity (Wildman–Crippen MR) is 141 cm³/mol. The lowest BCUT2D eigenvalue weighted by molar-refractivity contribution is -0.167. The molecule has 5 rings (SSSR count). The number of carboxylic acids is 1. The van der Waals surface area contributed by atoms with E-state index in [4.69, 9.17) is 0 Å². The Morgan fingerprint density at radius 1 is 1.00 bits per heavy atom. The Bertz CT molecular complexity index is 1220. The fourth-order valence-corrected chi connectivity index (χ4v) is 5.99. The van der Waals surface area contributed by atoms with Gasteiger partial charge in [-0.2, -0.15) is 0 Å². The molecular formula is C28H35N5O5. The number of nitrogens with zero attached hydrogens (tertiary/aromatic N) is 3. The average Bonchev–Trinajstić information content (AvgIpc) is 2.94. The van der Waals surface area contributed by atoms with E-state index in [9.17, 15) is 24.3 Å². The molecule has 10 heteroatoms. The second kappa shape index (κ2) is 11.0. The van der Waals surface area contributed by atoms with Crippen LogP contribution in [0.4, 0.5) is 9.59 Å². The van der Waals surface area contributed by atoms with E-state index in [1.807, 2.05) is 49.4 Å². The van der Waals surface area contributed by atoms with Crippen LogP contribution in [0.2, 0.25) is 0 Å². The maximum absolute atomic E-state index is 13.1. The van der Waals surface area contributed by atoms with Crippen LogP contribution in [0.5, 0.6) is 0 Å². The summed E-state index contributed by atoms with van der Waals surface area (Å²) in [6.07, 6.45) is 2.32. The fourth-order valence-electron chi connectivity index (χ4n) is 5.99. The van der Waals surface area contributed by atoms with Gasteiger partial charge < -0.3 is 25.5 Å². The zero-order valence-electron chi connectivity index (χ0n) is 21.6. The van der Waals surface area contributed by atoms with Crippen molar-refractivity contribution in [2.24, 2.45) is 11.8 Å². The molecule has 3 aliphatic rings. The highest BCUT2D eigenvalue weighted by molar-refractivity contribution is 6.07. The van der Waals surface area contributed by atoms with E-state index < -0.39 is 29.9 Å². The van der Waals surface area contributed by atoms with Gasteiger partial charge in [0.2, 0.25) is 5.91 Å². The zero-order chi connectivity index (χ0) is 26.8. The van der Waals surface area contributed by atoms with E-state index >= 15 is 0 Å². The lowest BCUT2D eigenvalue weighted by Crippen LogP contribution is -2.69. The first-order valence-corrected chi connectivity index (χ1v) is 13.4. The summed E-state index contributed by atoms with van der Waals surface area (Å²) in [5.74, 6) is -1.90. The lowest BCUT2D eigenvalue weighted by Gasteiger charge is -2.47. The third kappa shape index (κ3) is 5.05. The van der Waals surface area contributed by atoms with E-state index in [1.165, 1.54) is 4.90 Å². The largest absolute Gasteiger partial charge is 0.480 e. The fraction of sp³-hybridized carbons (Fsp3) is 0.500. The summed E-state index contributed by atoms with van der Waals surface area (Å²) in [6.45, 7) is 4.76. The molecule has 2 aromatic carbocycles. The van der Waals surface area contributed by atoms with Crippen molar-refractivity contribution in [3.05, 3.63) is 48.0 Å². The molecule has 3 fully saturated rings. The quantitative estimate of drug-likeness (QED) is 0.520. The van der Waals surface area contributed by atoms with E-state index in [0.717, 1.165) is 47.2 Å². The van der Waals surface area contributed by atoms with Gasteiger partial charge in [0, 0.05) is 26.2 Å². The summed E-state index contributed by atoms with van der Waals surface area (Å²) in [5, 5.41) is 18.3. The normalized spacial score (nSPS) is 23.2. The van der Waals surface area contributed by atoms with E-state index in [1.54, 1.807) is 4.90 Å². The molecule has 3 heterocycles. The molecule has 0 bridgehead atoms. The number of rotatable bonds is 5. The van der Waals surface area contributed by atoms with Crippen molar-refractivity contribution in [2.45, 2.75) is 38.3 Å². The van der Waals surface area contributed by atoms with Crippen molar-refractivity contribution in [3.63, 3.8) is 0 Å². The first-order chi connectivity index (χ1) is 18.3. The van der Waals surface area contributed by atoms with Crippen molar-refractivity contribution in [1.82, 2.24) is 25.3 Å². The van der Waals surface area contributed by atoms with Crippen LogP contribution in [-0.2, 0) is 9.59 Å². The number of carboxylic acid groups (broad SMARTS) is 1. The summed E-state index contributed by atoms with van der Waals surface area (Å²) in [4.78, 5) is 55.0. The van der Waals surface area contributed by atoms with Crippen LogP contribution >= 0.6 is 0 Å². The number of benzene rings is 2. The molecule has 0 unspecified atom stereocenters. The van der Waals surface area contributed by atoms with Gasteiger partial charge in [-0.15, -0.1) is 0 Å². The van der Waals surface area contributed by atoms with E-state index in [2.05, 4.69) is 10.6 Å². The molecule has 10 nitrogen and oxygen atoms in total. The molecule has 3 aliphatic heterocycles. The molecule has 3 N–H and O–H groups in total. The number of carbonyl (C=O) groups is 4. The molecule has 38 heavy (non-hydrogen) atoms. The van der Waals surface area contributed by atoms with Crippen LogP contribution in [-0.4, -0.2) is 89.1 Å². The standard InChI is InChI=1S/C28H35N5O5/c1-18(21-8-4-6-20-5-2-3-7-22(20)21)30-27(37)31-13-15-32(16-14-31)28(38)33-24(26(35)36)23(25(33)34)17-19-9-11-29-12-10-19/h2-8,18-19,23-24,29H,9-17H2,1H3,(H,30,37)(H,35,36)/t18-,23-,24+/m1/s1. The molecule has 0 aromatic heterocycles. The number of hydrogen-bond acceptors (Lipinski definition) is 5. The van der Waals surface area contributed by atoms with Crippen LogP contribution < -0.4 is 10.6 Å². The third-order valence-corrected chi connectivity index (χ3v) is 8.19. The molecular weight excluding hydrogens is 486 g/mol. The second-order valence-electron chi connectivity index (χ2n) is 10.5. The Balaban J connectivity index is 1.16. The van der Waals surface area contributed by atoms with Gasteiger partial charge in [0.1, 0.15) is 0 Å². The van der Waals surface area contributed by atoms with Crippen LogP contribution in [0.1, 0.15) is 37.8 Å². The van der Waals surface area contributed by atoms with Crippen LogP contribution in [0.15, 0.2) is 42.5 Å². The zero-order valence-corrected chi connectivity index (χ0v) is 21.6. The number of likely N-dealkylation sites (tertiary alicyclic amines) is 1. The Kier molecular flexibility index (Phi) is 7.51. The number of amides is 5. The third-order valence-electron chi connectivity index (χ3n) is 8.19. The highest BCUT2D eigenvalue weighted by atomic mass is 16.4. The Morgan fingerprint density at radius 2 is 1.66 bits per heavy atom. The number of carbonyl (C=O) groups excluding carboxylic acids is 3. The lowest BCUT2D eigenvalue weighted by atomic mass is 9.78. The number of imide groups is 1. The molecule has 0 aliphatic carbocycles.